The fourth-order valence-electron chi connectivity index (χ4n) is 2.78. The number of aryl methyl sites for hydroxylation is 1. The summed E-state index contributed by atoms with van der Waals surface area (Å²) in [5.41, 5.74) is 2.80. The maximum atomic E-state index is 12.6. The van der Waals surface area contributed by atoms with Crippen LogP contribution in [0.2, 0.25) is 0 Å². The second kappa shape index (κ2) is 10.4. The first kappa shape index (κ1) is 23.5. The van der Waals surface area contributed by atoms with Crippen LogP contribution in [0, 0.1) is 18.3 Å². The van der Waals surface area contributed by atoms with Crippen LogP contribution in [-0.2, 0) is 4.79 Å². The molecular formula is C24H18Br2N2O4. The molecule has 3 aromatic carbocycles. The van der Waals surface area contributed by atoms with Crippen molar-refractivity contribution in [3.8, 4) is 17.6 Å². The van der Waals surface area contributed by atoms with E-state index in [0.717, 1.165) is 5.56 Å². The van der Waals surface area contributed by atoms with E-state index in [4.69, 9.17) is 14.7 Å². The normalized spacial score (nSPS) is 10.2. The molecule has 0 unspecified atom stereocenters. The van der Waals surface area contributed by atoms with Gasteiger partial charge < -0.3 is 14.4 Å². The Morgan fingerprint density at radius 3 is 2.16 bits per heavy atom. The SMILES string of the molecule is Cc1ccc(C(=O)N(C)c2ccc(OCC(=O)Oc3c(Br)cc(C#N)cc3Br)cc2)cc1. The van der Waals surface area contributed by atoms with E-state index in [-0.39, 0.29) is 18.3 Å². The number of hydrogen-bond acceptors (Lipinski definition) is 5. The lowest BCUT2D eigenvalue weighted by Crippen LogP contribution is -2.26. The van der Waals surface area contributed by atoms with E-state index in [9.17, 15) is 9.59 Å². The highest BCUT2D eigenvalue weighted by molar-refractivity contribution is 9.11. The molecule has 3 aromatic rings. The van der Waals surface area contributed by atoms with Crippen molar-refractivity contribution < 1.29 is 19.1 Å². The van der Waals surface area contributed by atoms with Crippen LogP contribution in [0.4, 0.5) is 5.69 Å². The molecule has 0 aliphatic heterocycles. The third-order valence-corrected chi connectivity index (χ3v) is 5.71. The van der Waals surface area contributed by atoms with Gasteiger partial charge in [0, 0.05) is 18.3 Å². The van der Waals surface area contributed by atoms with Gasteiger partial charge in [-0.1, -0.05) is 17.7 Å². The van der Waals surface area contributed by atoms with Crippen LogP contribution in [-0.4, -0.2) is 25.5 Å². The zero-order valence-corrected chi connectivity index (χ0v) is 20.4. The van der Waals surface area contributed by atoms with Crippen molar-refractivity contribution >= 4 is 49.4 Å². The molecule has 0 saturated heterocycles. The van der Waals surface area contributed by atoms with Gasteiger partial charge in [-0.25, -0.2) is 4.79 Å². The van der Waals surface area contributed by atoms with E-state index in [1.165, 1.54) is 0 Å². The van der Waals surface area contributed by atoms with Gasteiger partial charge in [0.05, 0.1) is 20.6 Å². The van der Waals surface area contributed by atoms with Crippen LogP contribution < -0.4 is 14.4 Å². The van der Waals surface area contributed by atoms with Crippen molar-refractivity contribution in [1.29, 1.82) is 5.26 Å². The summed E-state index contributed by atoms with van der Waals surface area (Å²) in [4.78, 5) is 26.4. The Morgan fingerprint density at radius 2 is 1.59 bits per heavy atom. The molecule has 0 aliphatic carbocycles. The second-order valence-corrected chi connectivity index (χ2v) is 8.58. The Labute approximate surface area is 202 Å². The van der Waals surface area contributed by atoms with Gasteiger partial charge in [0.1, 0.15) is 5.75 Å². The number of nitrogens with zero attached hydrogens (tertiary/aromatic N) is 2. The molecule has 0 spiro atoms. The average Bonchev–Trinajstić information content (AvgIpc) is 2.79. The van der Waals surface area contributed by atoms with E-state index >= 15 is 0 Å². The number of hydrogen-bond donors (Lipinski definition) is 0. The highest BCUT2D eigenvalue weighted by atomic mass is 79.9. The zero-order chi connectivity index (χ0) is 23.3. The van der Waals surface area contributed by atoms with Gasteiger partial charge in [0.15, 0.2) is 12.4 Å². The summed E-state index contributed by atoms with van der Waals surface area (Å²) in [6.45, 7) is 1.66. The fraction of sp³-hybridized carbons (Fsp3) is 0.125. The minimum atomic E-state index is -0.605. The van der Waals surface area contributed by atoms with Crippen molar-refractivity contribution in [2.24, 2.45) is 0 Å². The minimum Gasteiger partial charge on any atom is -0.482 e. The summed E-state index contributed by atoms with van der Waals surface area (Å²) >= 11 is 6.57. The molecule has 0 fully saturated rings. The molecule has 0 radical (unpaired) electrons. The largest absolute Gasteiger partial charge is 0.482 e. The molecule has 162 valence electrons. The molecule has 0 atom stereocenters. The molecule has 32 heavy (non-hydrogen) atoms. The monoisotopic (exact) mass is 556 g/mol. The van der Waals surface area contributed by atoms with Crippen LogP contribution in [0.1, 0.15) is 21.5 Å². The van der Waals surface area contributed by atoms with Crippen molar-refractivity contribution in [3.05, 3.63) is 86.3 Å². The Balaban J connectivity index is 1.59. The number of halogens is 2. The predicted molar refractivity (Wildman–Crippen MR) is 128 cm³/mol. The van der Waals surface area contributed by atoms with E-state index in [0.29, 0.717) is 31.5 Å². The fourth-order valence-corrected chi connectivity index (χ4v) is 4.13. The minimum absolute atomic E-state index is 0.124. The molecule has 0 heterocycles. The van der Waals surface area contributed by atoms with E-state index < -0.39 is 5.97 Å². The van der Waals surface area contributed by atoms with Crippen LogP contribution in [0.15, 0.2) is 69.6 Å². The van der Waals surface area contributed by atoms with Crippen LogP contribution in [0.25, 0.3) is 0 Å². The first-order valence-corrected chi connectivity index (χ1v) is 11.0. The molecule has 0 bridgehead atoms. The van der Waals surface area contributed by atoms with Crippen LogP contribution in [0.3, 0.4) is 0 Å². The standard InChI is InChI=1S/C24H18Br2N2O4/c1-15-3-5-17(6-4-15)24(30)28(2)18-7-9-19(10-8-18)31-14-22(29)32-23-20(25)11-16(13-27)12-21(23)26/h3-12H,14H2,1-2H3. The number of ether oxygens (including phenoxy) is 2. The van der Waals surface area contributed by atoms with Gasteiger partial charge in [-0.3, -0.25) is 4.79 Å². The van der Waals surface area contributed by atoms with Crippen molar-refractivity contribution in [1.82, 2.24) is 0 Å². The molecule has 1 amide bonds. The van der Waals surface area contributed by atoms with Crippen molar-refractivity contribution in [2.45, 2.75) is 6.92 Å². The van der Waals surface area contributed by atoms with E-state index in [2.05, 4.69) is 31.9 Å². The number of carbonyl (C=O) groups is 2. The lowest BCUT2D eigenvalue weighted by atomic mass is 10.1. The number of carbonyl (C=O) groups excluding carboxylic acids is 2. The number of nitriles is 1. The number of benzene rings is 3. The van der Waals surface area contributed by atoms with Gasteiger partial charge >= 0.3 is 5.97 Å². The van der Waals surface area contributed by atoms with Crippen LogP contribution >= 0.6 is 31.9 Å². The molecule has 0 aliphatic rings. The van der Waals surface area contributed by atoms with Gasteiger partial charge in [0.2, 0.25) is 0 Å². The smallest absolute Gasteiger partial charge is 0.349 e. The number of amides is 1. The molecule has 0 saturated carbocycles. The summed E-state index contributed by atoms with van der Waals surface area (Å²) in [7, 11) is 1.70. The van der Waals surface area contributed by atoms with E-state index in [1.54, 1.807) is 60.5 Å². The Hall–Kier alpha value is -3.15. The van der Waals surface area contributed by atoms with Crippen LogP contribution in [0.5, 0.6) is 11.5 Å². The molecule has 6 nitrogen and oxygen atoms in total. The highest BCUT2D eigenvalue weighted by Crippen LogP contribution is 2.34. The van der Waals surface area contributed by atoms with Gasteiger partial charge in [0.25, 0.3) is 5.91 Å². The summed E-state index contributed by atoms with van der Waals surface area (Å²) in [6.07, 6.45) is 0. The first-order chi connectivity index (χ1) is 15.3. The third kappa shape index (κ3) is 5.75. The van der Waals surface area contributed by atoms with Crippen molar-refractivity contribution in [2.75, 3.05) is 18.6 Å². The molecule has 3 rings (SSSR count). The Kier molecular flexibility index (Phi) is 7.67. The topological polar surface area (TPSA) is 79.6 Å². The zero-order valence-electron chi connectivity index (χ0n) is 17.3. The maximum absolute atomic E-state index is 12.6. The second-order valence-electron chi connectivity index (χ2n) is 6.87. The number of anilines is 1. The average molecular weight is 558 g/mol. The Bertz CT molecular complexity index is 1160. The summed E-state index contributed by atoms with van der Waals surface area (Å²) in [6, 6.07) is 19.3. The third-order valence-electron chi connectivity index (χ3n) is 4.53. The van der Waals surface area contributed by atoms with Gasteiger partial charge in [-0.05, 0) is 87.3 Å². The first-order valence-electron chi connectivity index (χ1n) is 9.46. The lowest BCUT2D eigenvalue weighted by molar-refractivity contribution is -0.136. The molecule has 0 aromatic heterocycles. The van der Waals surface area contributed by atoms with Gasteiger partial charge in [-0.15, -0.1) is 0 Å². The van der Waals surface area contributed by atoms with Gasteiger partial charge in [-0.2, -0.15) is 5.26 Å². The predicted octanol–water partition coefficient (Wildman–Crippen LogP) is 5.65. The summed E-state index contributed by atoms with van der Waals surface area (Å²) < 4.78 is 11.8. The van der Waals surface area contributed by atoms with Crippen molar-refractivity contribution in [3.63, 3.8) is 0 Å². The quantitative estimate of drug-likeness (QED) is 0.289. The Morgan fingerprint density at radius 1 is 1.00 bits per heavy atom. The lowest BCUT2D eigenvalue weighted by Gasteiger charge is -2.18. The summed E-state index contributed by atoms with van der Waals surface area (Å²) in [5.74, 6) is -0.00305. The molecule has 8 heteroatoms. The highest BCUT2D eigenvalue weighted by Gasteiger charge is 2.15. The molecule has 0 N–H and O–H groups in total. The number of rotatable bonds is 6. The number of esters is 1. The van der Waals surface area contributed by atoms with E-state index in [1.807, 2.05) is 25.1 Å². The summed E-state index contributed by atoms with van der Waals surface area (Å²) in [5, 5.41) is 8.98. The molecular weight excluding hydrogens is 540 g/mol. The maximum Gasteiger partial charge on any atom is 0.349 e.